The molecule has 1 aromatic carbocycles. The summed E-state index contributed by atoms with van der Waals surface area (Å²) in [5.41, 5.74) is 2.03. The van der Waals surface area contributed by atoms with Gasteiger partial charge < -0.3 is 13.9 Å². The fourth-order valence-electron chi connectivity index (χ4n) is 1.94. The standard InChI is InChI=1S/C13H16O3/c1-9-10(7-8-14-2)11-5-4-6-12(15-3)13(11)16-9/h4-6H,7-8H2,1-3H3. The van der Waals surface area contributed by atoms with Crippen LogP contribution in [0.4, 0.5) is 0 Å². The van der Waals surface area contributed by atoms with E-state index in [9.17, 15) is 0 Å². The molecule has 0 fully saturated rings. The largest absolute Gasteiger partial charge is 0.493 e. The molecule has 3 heteroatoms. The van der Waals surface area contributed by atoms with Crippen molar-refractivity contribution < 1.29 is 13.9 Å². The van der Waals surface area contributed by atoms with Gasteiger partial charge in [0.05, 0.1) is 13.7 Å². The number of para-hydroxylation sites is 1. The summed E-state index contributed by atoms with van der Waals surface area (Å²) in [4.78, 5) is 0. The van der Waals surface area contributed by atoms with Crippen LogP contribution in [0.3, 0.4) is 0 Å². The molecule has 0 aliphatic rings. The SMILES string of the molecule is COCCc1c(C)oc2c(OC)cccc12. The summed E-state index contributed by atoms with van der Waals surface area (Å²) in [6.07, 6.45) is 0.864. The highest BCUT2D eigenvalue weighted by atomic mass is 16.5. The molecule has 86 valence electrons. The Balaban J connectivity index is 2.52. The lowest BCUT2D eigenvalue weighted by atomic mass is 10.1. The van der Waals surface area contributed by atoms with Crippen LogP contribution in [0.15, 0.2) is 22.6 Å². The van der Waals surface area contributed by atoms with Crippen LogP contribution >= 0.6 is 0 Å². The molecule has 1 aromatic heterocycles. The minimum absolute atomic E-state index is 0.701. The van der Waals surface area contributed by atoms with Crippen molar-refractivity contribution in [2.75, 3.05) is 20.8 Å². The Bertz CT molecular complexity index is 485. The summed E-state index contributed by atoms with van der Waals surface area (Å²) in [5, 5.41) is 1.12. The average molecular weight is 220 g/mol. The first kappa shape index (κ1) is 11.0. The third kappa shape index (κ3) is 1.78. The van der Waals surface area contributed by atoms with Gasteiger partial charge in [-0.15, -0.1) is 0 Å². The summed E-state index contributed by atoms with van der Waals surface area (Å²) in [6.45, 7) is 2.68. The highest BCUT2D eigenvalue weighted by Crippen LogP contribution is 2.32. The molecule has 0 amide bonds. The van der Waals surface area contributed by atoms with E-state index in [4.69, 9.17) is 13.9 Å². The number of benzene rings is 1. The molecule has 0 radical (unpaired) electrons. The van der Waals surface area contributed by atoms with Gasteiger partial charge >= 0.3 is 0 Å². The van der Waals surface area contributed by atoms with Gasteiger partial charge in [0.1, 0.15) is 5.76 Å². The Morgan fingerprint density at radius 1 is 1.25 bits per heavy atom. The maximum atomic E-state index is 5.74. The first-order valence-electron chi connectivity index (χ1n) is 5.32. The van der Waals surface area contributed by atoms with Gasteiger partial charge in [0.25, 0.3) is 0 Å². The van der Waals surface area contributed by atoms with Gasteiger partial charge in [0, 0.05) is 18.1 Å². The van der Waals surface area contributed by atoms with Gasteiger partial charge in [-0.2, -0.15) is 0 Å². The third-order valence-electron chi connectivity index (χ3n) is 2.76. The van der Waals surface area contributed by atoms with Gasteiger partial charge in [0.2, 0.25) is 0 Å². The molecule has 2 aromatic rings. The Morgan fingerprint density at radius 3 is 2.75 bits per heavy atom. The van der Waals surface area contributed by atoms with Crippen molar-refractivity contribution in [1.29, 1.82) is 0 Å². The number of aryl methyl sites for hydroxylation is 1. The van der Waals surface area contributed by atoms with Crippen LogP contribution in [0.5, 0.6) is 5.75 Å². The molecular formula is C13H16O3. The van der Waals surface area contributed by atoms with Crippen LogP contribution < -0.4 is 4.74 Å². The number of methoxy groups -OCH3 is 2. The van der Waals surface area contributed by atoms with E-state index in [1.807, 2.05) is 19.1 Å². The van der Waals surface area contributed by atoms with Gasteiger partial charge in [-0.05, 0) is 19.4 Å². The van der Waals surface area contributed by atoms with Gasteiger partial charge in [-0.25, -0.2) is 0 Å². The van der Waals surface area contributed by atoms with E-state index >= 15 is 0 Å². The van der Waals surface area contributed by atoms with Crippen molar-refractivity contribution in [1.82, 2.24) is 0 Å². The Kier molecular flexibility index (Phi) is 3.15. The molecule has 2 rings (SSSR count). The third-order valence-corrected chi connectivity index (χ3v) is 2.76. The van der Waals surface area contributed by atoms with Crippen molar-refractivity contribution in [3.05, 3.63) is 29.5 Å². The number of hydrogen-bond acceptors (Lipinski definition) is 3. The minimum atomic E-state index is 0.701. The molecule has 0 spiro atoms. The van der Waals surface area contributed by atoms with Crippen LogP contribution in [0.2, 0.25) is 0 Å². The Morgan fingerprint density at radius 2 is 2.06 bits per heavy atom. The van der Waals surface area contributed by atoms with E-state index in [-0.39, 0.29) is 0 Å². The van der Waals surface area contributed by atoms with Crippen molar-refractivity contribution >= 4 is 11.0 Å². The van der Waals surface area contributed by atoms with Crippen LogP contribution in [-0.2, 0) is 11.2 Å². The molecule has 0 bridgehead atoms. The zero-order valence-corrected chi connectivity index (χ0v) is 9.87. The normalized spacial score (nSPS) is 10.9. The zero-order valence-electron chi connectivity index (χ0n) is 9.87. The highest BCUT2D eigenvalue weighted by Gasteiger charge is 2.13. The molecule has 0 N–H and O–H groups in total. The number of fused-ring (bicyclic) bond motifs is 1. The van der Waals surface area contributed by atoms with E-state index in [0.29, 0.717) is 6.61 Å². The van der Waals surface area contributed by atoms with Crippen molar-refractivity contribution in [2.24, 2.45) is 0 Å². The van der Waals surface area contributed by atoms with Gasteiger partial charge in [0.15, 0.2) is 11.3 Å². The molecule has 3 nitrogen and oxygen atoms in total. The molecule has 1 heterocycles. The fraction of sp³-hybridized carbons (Fsp3) is 0.385. The minimum Gasteiger partial charge on any atom is -0.493 e. The van der Waals surface area contributed by atoms with Crippen LogP contribution in [0, 0.1) is 6.92 Å². The van der Waals surface area contributed by atoms with E-state index in [1.54, 1.807) is 14.2 Å². The second-order valence-electron chi connectivity index (χ2n) is 3.72. The maximum absolute atomic E-state index is 5.74. The van der Waals surface area contributed by atoms with Crippen molar-refractivity contribution in [3.63, 3.8) is 0 Å². The Hall–Kier alpha value is -1.48. The fourth-order valence-corrected chi connectivity index (χ4v) is 1.94. The second-order valence-corrected chi connectivity index (χ2v) is 3.72. The summed E-state index contributed by atoms with van der Waals surface area (Å²) in [5.74, 6) is 1.72. The molecule has 0 unspecified atom stereocenters. The molecule has 0 aliphatic carbocycles. The van der Waals surface area contributed by atoms with Crippen LogP contribution in [-0.4, -0.2) is 20.8 Å². The topological polar surface area (TPSA) is 31.6 Å². The van der Waals surface area contributed by atoms with E-state index in [0.717, 1.165) is 28.9 Å². The Labute approximate surface area is 95.0 Å². The summed E-state index contributed by atoms with van der Waals surface area (Å²) >= 11 is 0. The summed E-state index contributed by atoms with van der Waals surface area (Å²) in [6, 6.07) is 5.94. The lowest BCUT2D eigenvalue weighted by molar-refractivity contribution is 0.202. The molecular weight excluding hydrogens is 204 g/mol. The highest BCUT2D eigenvalue weighted by molar-refractivity contribution is 5.87. The second kappa shape index (κ2) is 4.58. The smallest absolute Gasteiger partial charge is 0.176 e. The van der Waals surface area contributed by atoms with Crippen molar-refractivity contribution in [2.45, 2.75) is 13.3 Å². The average Bonchev–Trinajstić information content (AvgIpc) is 2.62. The first-order chi connectivity index (χ1) is 7.77. The number of ether oxygens (including phenoxy) is 2. The van der Waals surface area contributed by atoms with Gasteiger partial charge in [-0.3, -0.25) is 0 Å². The predicted octanol–water partition coefficient (Wildman–Crippen LogP) is 2.94. The van der Waals surface area contributed by atoms with Gasteiger partial charge in [-0.1, -0.05) is 12.1 Å². The van der Waals surface area contributed by atoms with Crippen LogP contribution in [0.1, 0.15) is 11.3 Å². The lowest BCUT2D eigenvalue weighted by Gasteiger charge is -2.00. The van der Waals surface area contributed by atoms with E-state index in [1.165, 1.54) is 5.56 Å². The van der Waals surface area contributed by atoms with E-state index in [2.05, 4.69) is 6.07 Å². The molecule has 0 saturated carbocycles. The molecule has 0 atom stereocenters. The molecule has 16 heavy (non-hydrogen) atoms. The summed E-state index contributed by atoms with van der Waals surface area (Å²) < 4.78 is 16.1. The summed E-state index contributed by atoms with van der Waals surface area (Å²) in [7, 11) is 3.36. The molecule has 0 aliphatic heterocycles. The van der Waals surface area contributed by atoms with E-state index < -0.39 is 0 Å². The monoisotopic (exact) mass is 220 g/mol. The first-order valence-corrected chi connectivity index (χ1v) is 5.32. The predicted molar refractivity (Wildman–Crippen MR) is 63.1 cm³/mol. The quantitative estimate of drug-likeness (QED) is 0.793. The number of furan rings is 1. The lowest BCUT2D eigenvalue weighted by Crippen LogP contribution is -1.94. The number of hydrogen-bond donors (Lipinski definition) is 0. The van der Waals surface area contributed by atoms with Crippen molar-refractivity contribution in [3.8, 4) is 5.75 Å². The molecule has 0 saturated heterocycles. The number of rotatable bonds is 4. The van der Waals surface area contributed by atoms with Crippen LogP contribution in [0.25, 0.3) is 11.0 Å². The maximum Gasteiger partial charge on any atom is 0.176 e. The zero-order chi connectivity index (χ0) is 11.5.